The largest absolute Gasteiger partial charge is 0.456 e. The molecule has 13 aromatic rings. The molecule has 0 bridgehead atoms. The molecule has 0 saturated heterocycles. The van der Waals surface area contributed by atoms with E-state index in [2.05, 4.69) is 239 Å². The summed E-state index contributed by atoms with van der Waals surface area (Å²) in [7, 11) is -3.52. The van der Waals surface area contributed by atoms with Gasteiger partial charge >= 0.3 is 0 Å². The van der Waals surface area contributed by atoms with Crippen LogP contribution in [-0.2, 0) is 9.98 Å². The van der Waals surface area contributed by atoms with Crippen molar-refractivity contribution in [2.75, 3.05) is 9.80 Å². The van der Waals surface area contributed by atoms with Crippen molar-refractivity contribution in [3.63, 3.8) is 0 Å². The number of rotatable bonds is 6. The van der Waals surface area contributed by atoms with Crippen LogP contribution in [0.3, 0.4) is 0 Å². The Morgan fingerprint density at radius 1 is 0.370 bits per heavy atom. The fourth-order valence-electron chi connectivity index (χ4n) is 12.4. The average Bonchev–Trinajstić information content (AvgIpc) is 4.00. The maximum atomic E-state index is 16.9. The lowest BCUT2D eigenvalue weighted by Gasteiger charge is -2.50. The third kappa shape index (κ3) is 5.89. The van der Waals surface area contributed by atoms with Crippen LogP contribution in [-0.4, -0.2) is 4.57 Å². The van der Waals surface area contributed by atoms with Gasteiger partial charge in [-0.1, -0.05) is 170 Å². The highest BCUT2D eigenvalue weighted by molar-refractivity contribution is 7.85. The van der Waals surface area contributed by atoms with Crippen LogP contribution in [0, 0.1) is 0 Å². The number of anilines is 6. The van der Waals surface area contributed by atoms with Crippen LogP contribution >= 0.6 is 7.14 Å². The van der Waals surface area contributed by atoms with E-state index in [9.17, 15) is 0 Å². The second kappa shape index (κ2) is 15.9. The molecular formula is C67H44N3O2P. The van der Waals surface area contributed by atoms with E-state index in [0.717, 1.165) is 116 Å². The van der Waals surface area contributed by atoms with Gasteiger partial charge in [-0.05, 0) is 119 Å². The predicted octanol–water partition coefficient (Wildman–Crippen LogP) is 16.3. The molecular weight excluding hydrogens is 910 g/mol. The quantitative estimate of drug-likeness (QED) is 0.156. The third-order valence-corrected chi connectivity index (χ3v) is 18.5. The Morgan fingerprint density at radius 3 is 1.74 bits per heavy atom. The Kier molecular flexibility index (Phi) is 9.08. The lowest BCUT2D eigenvalue weighted by molar-refractivity contribution is 0.590. The molecule has 2 aliphatic rings. The monoisotopic (exact) mass is 953 g/mol. The van der Waals surface area contributed by atoms with Crippen molar-refractivity contribution in [3.05, 3.63) is 289 Å². The molecule has 5 nitrogen and oxygen atoms in total. The van der Waals surface area contributed by atoms with Gasteiger partial charge in [-0.2, -0.15) is 0 Å². The Bertz CT molecular complexity index is 4340. The minimum Gasteiger partial charge on any atom is -0.456 e. The maximum Gasteiger partial charge on any atom is 0.171 e. The molecule has 2 aliphatic heterocycles. The van der Waals surface area contributed by atoms with E-state index in [1.807, 2.05) is 42.5 Å². The fraction of sp³-hybridized carbons (Fsp3) is 0.0149. The van der Waals surface area contributed by atoms with Crippen molar-refractivity contribution in [2.24, 2.45) is 0 Å². The summed E-state index contributed by atoms with van der Waals surface area (Å²) in [5.74, 6) is 0. The first-order valence-corrected chi connectivity index (χ1v) is 26.6. The molecule has 2 unspecified atom stereocenters. The molecule has 2 aromatic heterocycles. The zero-order valence-electron chi connectivity index (χ0n) is 39.5. The Hall–Kier alpha value is -9.15. The van der Waals surface area contributed by atoms with Gasteiger partial charge in [0, 0.05) is 65.9 Å². The minimum absolute atomic E-state index is 0.724. The fourth-order valence-corrected chi connectivity index (χ4v) is 15.6. The van der Waals surface area contributed by atoms with E-state index in [1.54, 1.807) is 0 Å². The van der Waals surface area contributed by atoms with Crippen molar-refractivity contribution in [1.82, 2.24) is 4.57 Å². The predicted molar refractivity (Wildman–Crippen MR) is 302 cm³/mol. The number of fused-ring (bicyclic) bond motifs is 14. The molecule has 344 valence electrons. The standard InChI is InChI=1S/C67H44N3O2P/c71-73(50-27-11-4-12-28-50)65-36-20-16-32-57(65)67(58-43-54-52-30-14-19-35-63(52)72-64(54)44-66(58)73)55-31-15-18-34-61(55)69(47-25-9-3-10-26-47)62-42-49(37-39-56(62)67)70-59-33-17-13-29-51(59)53-41-48(38-40-60(53)70)68(45-21-5-1-6-22-45)46-23-7-2-8-24-46/h1-44H. The summed E-state index contributed by atoms with van der Waals surface area (Å²) in [5.41, 5.74) is 14.5. The van der Waals surface area contributed by atoms with E-state index < -0.39 is 12.6 Å². The number of furan rings is 1. The van der Waals surface area contributed by atoms with Crippen LogP contribution in [0.15, 0.2) is 271 Å². The third-order valence-electron chi connectivity index (χ3n) is 15.4. The SMILES string of the molecule is O=P1(c2ccccc2)c2ccccc2C2(c3ccccc3N(c3ccccc3)c3cc(-n4c5ccccc5c5cc(N(c6ccccc6)c6ccccc6)ccc54)ccc32)c2cc3c(cc21)oc1ccccc13. The van der Waals surface area contributed by atoms with Gasteiger partial charge in [0.2, 0.25) is 0 Å². The molecule has 2 atom stereocenters. The first kappa shape index (κ1) is 41.6. The van der Waals surface area contributed by atoms with Gasteiger partial charge in [0.25, 0.3) is 0 Å². The smallest absolute Gasteiger partial charge is 0.171 e. The van der Waals surface area contributed by atoms with Gasteiger partial charge in [-0.15, -0.1) is 0 Å². The van der Waals surface area contributed by atoms with Crippen LogP contribution in [0.5, 0.6) is 0 Å². The van der Waals surface area contributed by atoms with E-state index >= 15 is 4.57 Å². The number of nitrogens with zero attached hydrogens (tertiary/aromatic N) is 3. The molecule has 0 radical (unpaired) electrons. The second-order valence-electron chi connectivity index (χ2n) is 19.1. The lowest BCUT2D eigenvalue weighted by atomic mass is 9.62. The van der Waals surface area contributed by atoms with Gasteiger partial charge in [0.15, 0.2) is 7.14 Å². The first-order chi connectivity index (χ1) is 36.1. The molecule has 11 aromatic carbocycles. The number of para-hydroxylation sites is 6. The summed E-state index contributed by atoms with van der Waals surface area (Å²) in [6, 6.07) is 94.7. The summed E-state index contributed by atoms with van der Waals surface area (Å²) in [5, 5.41) is 6.78. The Morgan fingerprint density at radius 2 is 0.973 bits per heavy atom. The topological polar surface area (TPSA) is 41.6 Å². The normalized spacial score (nSPS) is 16.6. The molecule has 0 N–H and O–H groups in total. The summed E-state index contributed by atoms with van der Waals surface area (Å²) in [6.45, 7) is 0. The highest BCUT2D eigenvalue weighted by Gasteiger charge is 2.55. The molecule has 6 heteroatoms. The molecule has 0 saturated carbocycles. The van der Waals surface area contributed by atoms with E-state index in [1.165, 1.54) is 5.39 Å². The van der Waals surface area contributed by atoms with Gasteiger partial charge in [0.1, 0.15) is 11.2 Å². The van der Waals surface area contributed by atoms with Gasteiger partial charge in [0.05, 0.1) is 27.8 Å². The maximum absolute atomic E-state index is 16.9. The highest BCUT2D eigenvalue weighted by Crippen LogP contribution is 2.63. The summed E-state index contributed by atoms with van der Waals surface area (Å²) < 4.78 is 26.0. The lowest BCUT2D eigenvalue weighted by Crippen LogP contribution is -2.49. The van der Waals surface area contributed by atoms with Crippen LogP contribution in [0.2, 0.25) is 0 Å². The molecule has 0 fully saturated rings. The van der Waals surface area contributed by atoms with Crippen molar-refractivity contribution in [1.29, 1.82) is 0 Å². The van der Waals surface area contributed by atoms with E-state index in [4.69, 9.17) is 4.42 Å². The van der Waals surface area contributed by atoms with Crippen LogP contribution in [0.4, 0.5) is 34.1 Å². The van der Waals surface area contributed by atoms with Crippen LogP contribution in [0.25, 0.3) is 49.4 Å². The Balaban J connectivity index is 1.04. The van der Waals surface area contributed by atoms with Crippen molar-refractivity contribution in [3.8, 4) is 5.69 Å². The minimum atomic E-state index is -3.52. The van der Waals surface area contributed by atoms with Crippen molar-refractivity contribution >= 4 is 101 Å². The molecule has 0 amide bonds. The first-order valence-electron chi connectivity index (χ1n) is 24.9. The summed E-state index contributed by atoms with van der Waals surface area (Å²) in [4.78, 5) is 4.76. The van der Waals surface area contributed by atoms with E-state index in [-0.39, 0.29) is 0 Å². The zero-order chi connectivity index (χ0) is 48.3. The Labute approximate surface area is 422 Å². The van der Waals surface area contributed by atoms with E-state index in [0.29, 0.717) is 0 Å². The van der Waals surface area contributed by atoms with Crippen molar-refractivity contribution < 1.29 is 8.98 Å². The average molecular weight is 954 g/mol. The number of hydrogen-bond acceptors (Lipinski definition) is 4. The molecule has 0 aliphatic carbocycles. The van der Waals surface area contributed by atoms with Crippen LogP contribution in [0.1, 0.15) is 22.3 Å². The highest BCUT2D eigenvalue weighted by atomic mass is 31.2. The van der Waals surface area contributed by atoms with Crippen molar-refractivity contribution in [2.45, 2.75) is 5.41 Å². The second-order valence-corrected chi connectivity index (χ2v) is 21.8. The number of hydrogen-bond donors (Lipinski definition) is 0. The van der Waals surface area contributed by atoms with Crippen LogP contribution < -0.4 is 25.7 Å². The molecule has 73 heavy (non-hydrogen) atoms. The van der Waals surface area contributed by atoms with Gasteiger partial charge in [-0.3, -0.25) is 0 Å². The summed E-state index contributed by atoms with van der Waals surface area (Å²) in [6.07, 6.45) is 0. The zero-order valence-corrected chi connectivity index (χ0v) is 40.4. The molecule has 1 spiro atoms. The number of benzene rings is 11. The summed E-state index contributed by atoms with van der Waals surface area (Å²) >= 11 is 0. The van der Waals surface area contributed by atoms with Gasteiger partial charge in [-0.25, -0.2) is 0 Å². The molecule has 15 rings (SSSR count). The number of aromatic nitrogens is 1. The van der Waals surface area contributed by atoms with Gasteiger partial charge < -0.3 is 23.3 Å². The molecule has 4 heterocycles.